The number of ketones is 1. The van der Waals surface area contributed by atoms with E-state index in [4.69, 9.17) is 18.9 Å². The third kappa shape index (κ3) is 7.22. The zero-order chi connectivity index (χ0) is 37.4. The van der Waals surface area contributed by atoms with Crippen LogP contribution in [-0.4, -0.2) is 80.5 Å². The van der Waals surface area contributed by atoms with Crippen molar-refractivity contribution < 1.29 is 58.9 Å². The highest BCUT2D eigenvalue weighted by Gasteiger charge is 2.49. The Hall–Kier alpha value is -4.07. The van der Waals surface area contributed by atoms with Crippen LogP contribution >= 0.6 is 0 Å². The molecule has 276 valence electrons. The van der Waals surface area contributed by atoms with E-state index in [9.17, 15) is 39.9 Å². The second-order valence-electron chi connectivity index (χ2n) is 14.2. The Labute approximate surface area is 292 Å². The molecule has 50 heavy (non-hydrogen) atoms. The number of aliphatic hydroxyl groups excluding tert-OH is 2. The van der Waals surface area contributed by atoms with Gasteiger partial charge in [0.2, 0.25) is 5.91 Å². The van der Waals surface area contributed by atoms with Crippen molar-refractivity contribution in [1.29, 1.82) is 0 Å². The highest BCUT2D eigenvalue weighted by Crippen LogP contribution is 2.53. The number of fused-ring (bicyclic) bond motifs is 16. The predicted molar refractivity (Wildman–Crippen MR) is 184 cm³/mol. The number of carbonyl (C=O) groups excluding carboxylic acids is 3. The summed E-state index contributed by atoms with van der Waals surface area (Å²) in [6, 6.07) is 1.11. The minimum Gasteiger partial charge on any atom is -0.507 e. The number of amides is 1. The van der Waals surface area contributed by atoms with E-state index in [0.717, 1.165) is 6.07 Å². The molecule has 0 aromatic heterocycles. The van der Waals surface area contributed by atoms with Gasteiger partial charge in [-0.2, -0.15) is 0 Å². The largest absolute Gasteiger partial charge is 0.507 e. The molecule has 0 radical (unpaired) electrons. The quantitative estimate of drug-likeness (QED) is 0.138. The highest BCUT2D eigenvalue weighted by atomic mass is 16.7. The number of hydrogen-bond acceptors (Lipinski definition) is 12. The molecule has 3 aliphatic rings. The Bertz CT molecular complexity index is 1660. The van der Waals surface area contributed by atoms with E-state index < -0.39 is 88.8 Å². The molecule has 2 aromatic carbocycles. The van der Waals surface area contributed by atoms with Gasteiger partial charge >= 0.3 is 11.8 Å². The number of phenolic OH excluding ortho intramolecular Hbond substituents is 3. The highest BCUT2D eigenvalue weighted by molar-refractivity contribution is 6.21. The van der Waals surface area contributed by atoms with Crippen molar-refractivity contribution in [1.82, 2.24) is 0 Å². The summed E-state index contributed by atoms with van der Waals surface area (Å²) < 4.78 is 23.3. The Morgan fingerprint density at radius 3 is 2.24 bits per heavy atom. The van der Waals surface area contributed by atoms with Gasteiger partial charge in [0.15, 0.2) is 5.75 Å². The van der Waals surface area contributed by atoms with Crippen molar-refractivity contribution in [3.8, 4) is 23.0 Å². The van der Waals surface area contributed by atoms with Crippen molar-refractivity contribution >= 4 is 34.1 Å². The lowest BCUT2D eigenvalue weighted by molar-refractivity contribution is -0.160. The van der Waals surface area contributed by atoms with Crippen molar-refractivity contribution in [2.45, 2.75) is 105 Å². The number of methoxy groups -OCH3 is 1. The molecule has 3 heterocycles. The Morgan fingerprint density at radius 2 is 1.62 bits per heavy atom. The van der Waals surface area contributed by atoms with Gasteiger partial charge in [-0.1, -0.05) is 41.0 Å². The third-order valence-electron chi connectivity index (χ3n) is 10.5. The van der Waals surface area contributed by atoms with Crippen LogP contribution in [0, 0.1) is 36.5 Å². The standard InChI is InChI=1S/C37H51NO12/c1-16-11-10-12-17(2)36(46)38-23-15-24(40)26-27(32(23)44)31(43)21(6)34-28(26)35(45)37(8,50-34)48-14-13-25(47-9)18(3)33(49-22(7)39)20(5)30(42)19(4)29(16)41/h13-20,25,29-30,33,40-44H,10-12H2,1-9H3,(H,38,46)/b14-13+/t16-,17?,18+,19+,20+,25-,29-,30+,33+,37-/m0/s1. The summed E-state index contributed by atoms with van der Waals surface area (Å²) in [5.74, 6) is -7.81. The van der Waals surface area contributed by atoms with Gasteiger partial charge < -0.3 is 49.8 Å². The maximum absolute atomic E-state index is 13.9. The van der Waals surface area contributed by atoms with E-state index in [1.807, 2.05) is 6.92 Å². The van der Waals surface area contributed by atoms with Crippen LogP contribution in [-0.2, 0) is 23.8 Å². The molecule has 5 rings (SSSR count). The zero-order valence-electron chi connectivity index (χ0n) is 30.1. The molecule has 3 aliphatic heterocycles. The van der Waals surface area contributed by atoms with E-state index in [2.05, 4.69) is 5.32 Å². The number of benzene rings is 2. The number of carbonyl (C=O) groups is 3. The molecule has 6 N–H and O–H groups in total. The van der Waals surface area contributed by atoms with Crippen molar-refractivity contribution in [2.75, 3.05) is 12.4 Å². The van der Waals surface area contributed by atoms with Crippen LogP contribution in [0.5, 0.6) is 23.0 Å². The number of aromatic hydroxyl groups is 3. The summed E-state index contributed by atoms with van der Waals surface area (Å²) in [5.41, 5.74) is -0.184. The number of nitrogens with one attached hydrogen (secondary N) is 1. The van der Waals surface area contributed by atoms with Crippen molar-refractivity contribution in [3.63, 3.8) is 0 Å². The number of rotatable bonds is 2. The van der Waals surface area contributed by atoms with Gasteiger partial charge in [-0.15, -0.1) is 0 Å². The first-order chi connectivity index (χ1) is 23.4. The van der Waals surface area contributed by atoms with E-state index >= 15 is 0 Å². The minimum atomic E-state index is -1.97. The molecule has 0 spiro atoms. The lowest BCUT2D eigenvalue weighted by Crippen LogP contribution is -2.46. The molecule has 10 atom stereocenters. The van der Waals surface area contributed by atoms with Gasteiger partial charge in [0.25, 0.3) is 5.78 Å². The van der Waals surface area contributed by atoms with Crippen LogP contribution in [0.4, 0.5) is 5.69 Å². The molecule has 0 fully saturated rings. The number of esters is 1. The van der Waals surface area contributed by atoms with Gasteiger partial charge in [-0.3, -0.25) is 14.4 Å². The first kappa shape index (κ1) is 38.7. The Kier molecular flexibility index (Phi) is 11.6. The van der Waals surface area contributed by atoms with Gasteiger partial charge in [0, 0.05) is 61.6 Å². The SMILES string of the molecule is CO[C@H]1/C=C/O[C@@]2(C)Oc3c(C)c(O)c4c(O)c(cc(O)c4c3C2=O)NC(=O)C(C)CCC[C@H](C)[C@H](O)[C@@H](C)[C@@H](O)[C@@H](C)[C@H](OC(C)=O)[C@@H]1C. The van der Waals surface area contributed by atoms with Crippen molar-refractivity contribution in [3.05, 3.63) is 29.5 Å². The average molecular weight is 702 g/mol. The van der Waals surface area contributed by atoms with Gasteiger partial charge in [-0.05, 0) is 31.8 Å². The first-order valence-corrected chi connectivity index (χ1v) is 17.1. The minimum absolute atomic E-state index is 0.0542. The number of anilines is 1. The van der Waals surface area contributed by atoms with Crippen molar-refractivity contribution in [2.24, 2.45) is 29.6 Å². The maximum Gasteiger partial charge on any atom is 0.312 e. The average Bonchev–Trinajstić information content (AvgIpc) is 3.33. The molecule has 13 nitrogen and oxygen atoms in total. The molecular formula is C37H51NO12. The van der Waals surface area contributed by atoms with Crippen LogP contribution in [0.15, 0.2) is 18.4 Å². The van der Waals surface area contributed by atoms with Crippen LogP contribution in [0.3, 0.4) is 0 Å². The second kappa shape index (κ2) is 15.0. The number of Topliss-reactive ketones (excluding diaryl/α,β-unsaturated/α-hetero) is 1. The summed E-state index contributed by atoms with van der Waals surface area (Å²) in [4.78, 5) is 39.4. The van der Waals surface area contributed by atoms with Crippen LogP contribution in [0.1, 0.15) is 83.7 Å². The predicted octanol–water partition coefficient (Wildman–Crippen LogP) is 5.06. The summed E-state index contributed by atoms with van der Waals surface area (Å²) in [6.45, 7) is 12.9. The molecule has 0 saturated carbocycles. The molecule has 0 saturated heterocycles. The summed E-state index contributed by atoms with van der Waals surface area (Å²) in [5, 5.41) is 58.5. The smallest absolute Gasteiger partial charge is 0.312 e. The van der Waals surface area contributed by atoms with Crippen LogP contribution in [0.2, 0.25) is 0 Å². The third-order valence-corrected chi connectivity index (χ3v) is 10.5. The molecule has 13 heteroatoms. The topological polar surface area (TPSA) is 201 Å². The summed E-state index contributed by atoms with van der Waals surface area (Å²) >= 11 is 0. The number of phenols is 3. The molecule has 1 amide bonds. The molecular weight excluding hydrogens is 650 g/mol. The molecule has 1 unspecified atom stereocenters. The van der Waals surface area contributed by atoms with Gasteiger partial charge in [0.05, 0.1) is 41.2 Å². The second-order valence-corrected chi connectivity index (χ2v) is 14.2. The van der Waals surface area contributed by atoms with Crippen LogP contribution < -0.4 is 10.1 Å². The number of hydrogen-bond donors (Lipinski definition) is 6. The van der Waals surface area contributed by atoms with E-state index in [-0.39, 0.29) is 39.3 Å². The zero-order valence-corrected chi connectivity index (χ0v) is 30.1. The Morgan fingerprint density at radius 1 is 0.960 bits per heavy atom. The first-order valence-electron chi connectivity index (χ1n) is 17.1. The normalized spacial score (nSPS) is 33.5. The van der Waals surface area contributed by atoms with Gasteiger partial charge in [-0.25, -0.2) is 0 Å². The van der Waals surface area contributed by atoms with E-state index in [0.29, 0.717) is 19.3 Å². The molecule has 0 aliphatic carbocycles. The van der Waals surface area contributed by atoms with Crippen LogP contribution in [0.25, 0.3) is 10.8 Å². The molecule has 2 aromatic rings. The monoisotopic (exact) mass is 701 g/mol. The Balaban J connectivity index is 1.81. The van der Waals surface area contributed by atoms with Gasteiger partial charge in [0.1, 0.15) is 23.4 Å². The number of aliphatic hydroxyl groups is 2. The summed E-state index contributed by atoms with van der Waals surface area (Å²) in [7, 11) is 1.44. The summed E-state index contributed by atoms with van der Waals surface area (Å²) in [6.07, 6.45) is 0.660. The maximum atomic E-state index is 13.9. The fraction of sp³-hybridized carbons (Fsp3) is 0.595. The van der Waals surface area contributed by atoms with E-state index in [1.165, 1.54) is 40.2 Å². The lowest BCUT2D eigenvalue weighted by atomic mass is 9.77. The molecule has 5 bridgehead atoms. The van der Waals surface area contributed by atoms with E-state index in [1.54, 1.807) is 27.7 Å². The fourth-order valence-corrected chi connectivity index (χ4v) is 7.21. The fourth-order valence-electron chi connectivity index (χ4n) is 7.21. The lowest BCUT2D eigenvalue weighted by Gasteiger charge is -2.38. The number of ether oxygens (including phenoxy) is 4.